The zero-order chi connectivity index (χ0) is 15.4. The van der Waals surface area contributed by atoms with Crippen LogP contribution in [0.4, 0.5) is 4.39 Å². The number of benzene rings is 1. The molecule has 1 aromatic carbocycles. The van der Waals surface area contributed by atoms with Gasteiger partial charge < -0.3 is 9.52 Å². The maximum atomic E-state index is 12.9. The summed E-state index contributed by atoms with van der Waals surface area (Å²) in [4.78, 5) is 3.87. The number of halogens is 1. The van der Waals surface area contributed by atoms with Gasteiger partial charge in [0.15, 0.2) is 5.82 Å². The van der Waals surface area contributed by atoms with Gasteiger partial charge in [-0.3, -0.25) is 5.10 Å². The van der Waals surface area contributed by atoms with Gasteiger partial charge in [0, 0.05) is 12.0 Å². The van der Waals surface area contributed by atoms with Gasteiger partial charge in [0.05, 0.1) is 6.26 Å². The molecular formula is C16H14FN3O2. The predicted octanol–water partition coefficient (Wildman–Crippen LogP) is 2.87. The van der Waals surface area contributed by atoms with Crippen molar-refractivity contribution >= 4 is 6.08 Å². The smallest absolute Gasteiger partial charge is 0.157 e. The molecule has 3 aromatic rings. The molecule has 2 N–H and O–H groups in total. The number of hydrogen-bond acceptors (Lipinski definition) is 4. The molecule has 3 rings (SSSR count). The van der Waals surface area contributed by atoms with E-state index in [0.717, 1.165) is 16.9 Å². The second kappa shape index (κ2) is 6.36. The van der Waals surface area contributed by atoms with Gasteiger partial charge in [-0.15, -0.1) is 0 Å². The lowest BCUT2D eigenvalue weighted by atomic mass is 10.1. The van der Waals surface area contributed by atoms with Crippen molar-refractivity contribution in [2.75, 3.05) is 0 Å². The van der Waals surface area contributed by atoms with Gasteiger partial charge in [-0.25, -0.2) is 9.37 Å². The molecule has 0 aliphatic carbocycles. The van der Waals surface area contributed by atoms with Crippen LogP contribution in [-0.2, 0) is 6.42 Å². The number of aromatic nitrogens is 3. The normalized spacial score (nSPS) is 12.8. The Morgan fingerprint density at radius 2 is 2.14 bits per heavy atom. The number of nitrogens with one attached hydrogen (secondary N) is 1. The summed E-state index contributed by atoms with van der Waals surface area (Å²) in [6, 6.07) is 8.16. The van der Waals surface area contributed by atoms with E-state index in [1.54, 1.807) is 30.5 Å². The molecule has 1 unspecified atom stereocenters. The Kier molecular flexibility index (Phi) is 4.11. The van der Waals surface area contributed by atoms with Crippen LogP contribution in [0.25, 0.3) is 6.08 Å². The first-order chi connectivity index (χ1) is 10.7. The van der Waals surface area contributed by atoms with Crippen molar-refractivity contribution in [2.24, 2.45) is 0 Å². The van der Waals surface area contributed by atoms with Crippen LogP contribution in [0.3, 0.4) is 0 Å². The van der Waals surface area contributed by atoms with Gasteiger partial charge in [-0.1, -0.05) is 18.2 Å². The van der Waals surface area contributed by atoms with E-state index in [1.807, 2.05) is 6.07 Å². The SMILES string of the molecule is OC(C=Cc1coc(Cc2ccc(F)cc2)c1)c1ncn[nH]1. The second-order valence-corrected chi connectivity index (χ2v) is 4.82. The van der Waals surface area contributed by atoms with Gasteiger partial charge in [0.1, 0.15) is 24.0 Å². The van der Waals surface area contributed by atoms with Crippen LogP contribution in [0.1, 0.15) is 28.8 Å². The van der Waals surface area contributed by atoms with Crippen LogP contribution in [0.2, 0.25) is 0 Å². The maximum absolute atomic E-state index is 12.9. The average Bonchev–Trinajstić information content (AvgIpc) is 3.19. The minimum atomic E-state index is -0.849. The average molecular weight is 299 g/mol. The summed E-state index contributed by atoms with van der Waals surface area (Å²) in [5.74, 6) is 0.889. The summed E-state index contributed by atoms with van der Waals surface area (Å²) in [5, 5.41) is 16.1. The topological polar surface area (TPSA) is 74.9 Å². The Morgan fingerprint density at radius 1 is 1.32 bits per heavy atom. The standard InChI is InChI=1S/C16H14FN3O2/c17-13-4-1-11(2-5-13)7-14-8-12(9-22-14)3-6-15(21)16-18-10-19-20-16/h1-6,8-10,15,21H,7H2,(H,18,19,20). The van der Waals surface area contributed by atoms with Crippen LogP contribution in [-0.4, -0.2) is 20.3 Å². The van der Waals surface area contributed by atoms with E-state index < -0.39 is 6.10 Å². The Hall–Kier alpha value is -2.73. The lowest BCUT2D eigenvalue weighted by molar-refractivity contribution is 0.219. The molecule has 2 aromatic heterocycles. The summed E-state index contributed by atoms with van der Waals surface area (Å²) in [6.07, 6.45) is 6.00. The Morgan fingerprint density at radius 3 is 2.86 bits per heavy atom. The molecule has 5 nitrogen and oxygen atoms in total. The second-order valence-electron chi connectivity index (χ2n) is 4.82. The fourth-order valence-electron chi connectivity index (χ4n) is 2.03. The van der Waals surface area contributed by atoms with Crippen molar-refractivity contribution in [1.29, 1.82) is 0 Å². The number of hydrogen-bond donors (Lipinski definition) is 2. The fraction of sp³-hybridized carbons (Fsp3) is 0.125. The molecule has 0 bridgehead atoms. The summed E-state index contributed by atoms with van der Waals surface area (Å²) >= 11 is 0. The summed E-state index contributed by atoms with van der Waals surface area (Å²) in [7, 11) is 0. The number of furan rings is 1. The van der Waals surface area contributed by atoms with Crippen LogP contribution in [0, 0.1) is 5.82 Å². The predicted molar refractivity (Wildman–Crippen MR) is 78.3 cm³/mol. The van der Waals surface area contributed by atoms with Crippen molar-refractivity contribution in [2.45, 2.75) is 12.5 Å². The van der Waals surface area contributed by atoms with E-state index in [-0.39, 0.29) is 5.82 Å². The number of nitrogens with zero attached hydrogens (tertiary/aromatic N) is 2. The van der Waals surface area contributed by atoms with E-state index in [0.29, 0.717) is 12.2 Å². The third-order valence-corrected chi connectivity index (χ3v) is 3.15. The number of rotatable bonds is 5. The van der Waals surface area contributed by atoms with Crippen LogP contribution >= 0.6 is 0 Å². The molecule has 0 spiro atoms. The van der Waals surface area contributed by atoms with E-state index in [1.165, 1.54) is 18.5 Å². The molecule has 1 atom stereocenters. The van der Waals surface area contributed by atoms with Crippen molar-refractivity contribution in [3.8, 4) is 0 Å². The first-order valence-electron chi connectivity index (χ1n) is 6.74. The Balaban J connectivity index is 1.64. The summed E-state index contributed by atoms with van der Waals surface area (Å²) in [6.45, 7) is 0. The number of aliphatic hydroxyl groups is 1. The van der Waals surface area contributed by atoms with Crippen LogP contribution in [0.15, 0.2) is 53.4 Å². The van der Waals surface area contributed by atoms with Crippen LogP contribution < -0.4 is 0 Å². The molecule has 112 valence electrons. The minimum absolute atomic E-state index is 0.256. The Bertz CT molecular complexity index is 748. The molecule has 0 radical (unpaired) electrons. The van der Waals surface area contributed by atoms with Crippen molar-refractivity contribution in [1.82, 2.24) is 15.2 Å². The van der Waals surface area contributed by atoms with Crippen molar-refractivity contribution < 1.29 is 13.9 Å². The molecule has 0 saturated heterocycles. The third-order valence-electron chi connectivity index (χ3n) is 3.15. The third kappa shape index (κ3) is 3.48. The molecule has 0 aliphatic rings. The molecule has 22 heavy (non-hydrogen) atoms. The lowest BCUT2D eigenvalue weighted by Crippen LogP contribution is -1.95. The number of aromatic amines is 1. The zero-order valence-corrected chi connectivity index (χ0v) is 11.6. The first kappa shape index (κ1) is 14.2. The number of H-pyrrole nitrogens is 1. The summed E-state index contributed by atoms with van der Waals surface area (Å²) < 4.78 is 18.3. The van der Waals surface area contributed by atoms with E-state index >= 15 is 0 Å². The van der Waals surface area contributed by atoms with Gasteiger partial charge >= 0.3 is 0 Å². The van der Waals surface area contributed by atoms with Gasteiger partial charge in [0.25, 0.3) is 0 Å². The Labute approximate surface area is 126 Å². The maximum Gasteiger partial charge on any atom is 0.157 e. The quantitative estimate of drug-likeness (QED) is 0.759. The van der Waals surface area contributed by atoms with Gasteiger partial charge in [-0.2, -0.15) is 5.10 Å². The highest BCUT2D eigenvalue weighted by Gasteiger charge is 2.06. The summed E-state index contributed by atoms with van der Waals surface area (Å²) in [5.41, 5.74) is 1.80. The molecular weight excluding hydrogens is 285 g/mol. The molecule has 0 fully saturated rings. The fourth-order valence-corrected chi connectivity index (χ4v) is 2.03. The van der Waals surface area contributed by atoms with E-state index in [9.17, 15) is 9.50 Å². The molecule has 2 heterocycles. The van der Waals surface area contributed by atoms with Crippen LogP contribution in [0.5, 0.6) is 0 Å². The minimum Gasteiger partial charge on any atom is -0.468 e. The largest absolute Gasteiger partial charge is 0.468 e. The highest BCUT2D eigenvalue weighted by molar-refractivity contribution is 5.49. The highest BCUT2D eigenvalue weighted by Crippen LogP contribution is 2.16. The van der Waals surface area contributed by atoms with Gasteiger partial charge in [-0.05, 0) is 29.8 Å². The molecule has 6 heteroatoms. The number of aliphatic hydroxyl groups excluding tert-OH is 1. The zero-order valence-electron chi connectivity index (χ0n) is 11.6. The molecule has 0 saturated carbocycles. The molecule has 0 amide bonds. The van der Waals surface area contributed by atoms with Crippen molar-refractivity contribution in [3.63, 3.8) is 0 Å². The lowest BCUT2D eigenvalue weighted by Gasteiger charge is -1.98. The van der Waals surface area contributed by atoms with Crippen molar-refractivity contribution in [3.05, 3.63) is 77.5 Å². The van der Waals surface area contributed by atoms with E-state index in [2.05, 4.69) is 15.2 Å². The molecule has 0 aliphatic heterocycles. The highest BCUT2D eigenvalue weighted by atomic mass is 19.1. The van der Waals surface area contributed by atoms with E-state index in [4.69, 9.17) is 4.42 Å². The monoisotopic (exact) mass is 299 g/mol. The van der Waals surface area contributed by atoms with Gasteiger partial charge in [0.2, 0.25) is 0 Å². The first-order valence-corrected chi connectivity index (χ1v) is 6.74.